The summed E-state index contributed by atoms with van der Waals surface area (Å²) in [5, 5.41) is 11.4. The van der Waals surface area contributed by atoms with Gasteiger partial charge in [0, 0.05) is 6.61 Å². The number of aliphatic carboxylic acids is 1. The molecule has 1 saturated heterocycles. The van der Waals surface area contributed by atoms with Gasteiger partial charge < -0.3 is 19.9 Å². The second kappa shape index (κ2) is 6.69. The Morgan fingerprint density at radius 2 is 2.05 bits per heavy atom. The van der Waals surface area contributed by atoms with Gasteiger partial charge in [-0.2, -0.15) is 0 Å². The van der Waals surface area contributed by atoms with Gasteiger partial charge in [-0.25, -0.2) is 4.79 Å². The Kier molecular flexibility index (Phi) is 5.50. The minimum atomic E-state index is -1.30. The highest BCUT2D eigenvalue weighted by Gasteiger charge is 2.30. The zero-order valence-electron chi connectivity index (χ0n) is 12.0. The summed E-state index contributed by atoms with van der Waals surface area (Å²) in [5.41, 5.74) is -0.696. The zero-order chi connectivity index (χ0) is 15.3. The maximum absolute atomic E-state index is 11.8. The Morgan fingerprint density at radius 3 is 2.50 bits per heavy atom. The lowest BCUT2D eigenvalue weighted by Crippen LogP contribution is -2.47. The number of amides is 1. The molecule has 7 nitrogen and oxygen atoms in total. The average molecular weight is 287 g/mol. The molecule has 2 N–H and O–H groups in total. The van der Waals surface area contributed by atoms with E-state index in [1.54, 1.807) is 20.8 Å². The molecule has 0 bridgehead atoms. The lowest BCUT2D eigenvalue weighted by atomic mass is 10.1. The van der Waals surface area contributed by atoms with Gasteiger partial charge >= 0.3 is 11.9 Å². The van der Waals surface area contributed by atoms with Gasteiger partial charge in [0.15, 0.2) is 0 Å². The molecule has 1 aliphatic rings. The van der Waals surface area contributed by atoms with Crippen molar-refractivity contribution in [2.75, 3.05) is 6.61 Å². The molecule has 114 valence electrons. The number of rotatable bonds is 5. The summed E-state index contributed by atoms with van der Waals surface area (Å²) in [6.07, 6.45) is 0.285. The van der Waals surface area contributed by atoms with Gasteiger partial charge in [0.2, 0.25) is 5.91 Å². The van der Waals surface area contributed by atoms with Crippen LogP contribution in [0.25, 0.3) is 0 Å². The van der Waals surface area contributed by atoms with E-state index in [-0.39, 0.29) is 0 Å². The van der Waals surface area contributed by atoms with Gasteiger partial charge in [-0.3, -0.25) is 9.59 Å². The summed E-state index contributed by atoms with van der Waals surface area (Å²) >= 11 is 0. The Hall–Kier alpha value is -1.63. The van der Waals surface area contributed by atoms with Crippen LogP contribution in [0, 0.1) is 0 Å². The summed E-state index contributed by atoms with van der Waals surface area (Å²) in [7, 11) is 0. The van der Waals surface area contributed by atoms with Crippen LogP contribution in [0.15, 0.2) is 0 Å². The van der Waals surface area contributed by atoms with E-state index in [0.29, 0.717) is 13.0 Å². The summed E-state index contributed by atoms with van der Waals surface area (Å²) in [6.45, 7) is 5.55. The largest absolute Gasteiger partial charge is 0.480 e. The Bertz CT molecular complexity index is 381. The van der Waals surface area contributed by atoms with Gasteiger partial charge in [-0.15, -0.1) is 0 Å². The second-order valence-electron chi connectivity index (χ2n) is 5.69. The van der Waals surface area contributed by atoms with Crippen LogP contribution >= 0.6 is 0 Å². The van der Waals surface area contributed by atoms with E-state index in [2.05, 4.69) is 5.32 Å². The molecule has 0 radical (unpaired) electrons. The molecule has 0 spiro atoms. The number of carboxylic acids is 1. The van der Waals surface area contributed by atoms with E-state index < -0.39 is 42.0 Å². The third kappa shape index (κ3) is 5.56. The molecule has 0 aliphatic carbocycles. The molecule has 7 heteroatoms. The topological polar surface area (TPSA) is 102 Å². The van der Waals surface area contributed by atoms with E-state index >= 15 is 0 Å². The van der Waals surface area contributed by atoms with Crippen LogP contribution in [0.5, 0.6) is 0 Å². The van der Waals surface area contributed by atoms with E-state index in [1.807, 2.05) is 0 Å². The first-order valence-electron chi connectivity index (χ1n) is 6.55. The highest BCUT2D eigenvalue weighted by Crippen LogP contribution is 2.13. The second-order valence-corrected chi connectivity index (χ2v) is 5.69. The summed E-state index contributed by atoms with van der Waals surface area (Å²) in [5.74, 6) is -2.45. The predicted molar refractivity (Wildman–Crippen MR) is 69.0 cm³/mol. The maximum atomic E-state index is 11.8. The average Bonchev–Trinajstić information content (AvgIpc) is 2.78. The van der Waals surface area contributed by atoms with Crippen LogP contribution in [0.2, 0.25) is 0 Å². The lowest BCUT2D eigenvalue weighted by Gasteiger charge is -2.22. The molecule has 1 fully saturated rings. The number of ether oxygens (including phenoxy) is 2. The molecular formula is C13H21NO6. The summed E-state index contributed by atoms with van der Waals surface area (Å²) < 4.78 is 10.2. The van der Waals surface area contributed by atoms with Gasteiger partial charge in [-0.05, 0) is 33.6 Å². The predicted octanol–water partition coefficient (Wildman–Crippen LogP) is 0.467. The van der Waals surface area contributed by atoms with Crippen molar-refractivity contribution < 1.29 is 29.0 Å². The van der Waals surface area contributed by atoms with Crippen molar-refractivity contribution in [3.05, 3.63) is 0 Å². The van der Waals surface area contributed by atoms with Crippen molar-refractivity contribution in [1.82, 2.24) is 5.32 Å². The first kappa shape index (κ1) is 16.4. The number of carboxylic acid groups (broad SMARTS) is 1. The molecule has 1 aliphatic heterocycles. The summed E-state index contributed by atoms with van der Waals surface area (Å²) in [4.78, 5) is 34.5. The third-order valence-electron chi connectivity index (χ3n) is 2.63. The van der Waals surface area contributed by atoms with Gasteiger partial charge in [-0.1, -0.05) is 0 Å². The smallest absolute Gasteiger partial charge is 0.326 e. The first-order valence-corrected chi connectivity index (χ1v) is 6.55. The standard InChI is InChI=1S/C13H21NO6/c1-13(2,3)20-10(15)7-8(12(17)18)14-11(16)9-5-4-6-19-9/h8-9H,4-7H2,1-3H3,(H,14,16)(H,17,18)/t8-,9?/m0/s1. The SMILES string of the molecule is CC(C)(C)OC(=O)C[C@H](NC(=O)C1CCCO1)C(=O)O. The quantitative estimate of drug-likeness (QED) is 0.712. The molecule has 1 amide bonds. The van der Waals surface area contributed by atoms with Crippen LogP contribution in [0.1, 0.15) is 40.0 Å². The molecule has 20 heavy (non-hydrogen) atoms. The lowest BCUT2D eigenvalue weighted by molar-refractivity contribution is -0.158. The number of hydrogen-bond acceptors (Lipinski definition) is 5. The van der Waals surface area contributed by atoms with Crippen LogP contribution in [0.4, 0.5) is 0 Å². The molecule has 0 aromatic rings. The van der Waals surface area contributed by atoms with Crippen molar-refractivity contribution in [3.63, 3.8) is 0 Å². The molecule has 1 heterocycles. The number of hydrogen-bond donors (Lipinski definition) is 2. The van der Waals surface area contributed by atoms with E-state index in [4.69, 9.17) is 14.6 Å². The Labute approximate surface area is 117 Å². The van der Waals surface area contributed by atoms with Crippen molar-refractivity contribution in [2.45, 2.75) is 57.8 Å². The molecule has 1 unspecified atom stereocenters. The minimum Gasteiger partial charge on any atom is -0.480 e. The Balaban J connectivity index is 2.54. The van der Waals surface area contributed by atoms with E-state index in [0.717, 1.165) is 6.42 Å². The van der Waals surface area contributed by atoms with Gasteiger partial charge in [0.1, 0.15) is 17.7 Å². The third-order valence-corrected chi connectivity index (χ3v) is 2.63. The fraction of sp³-hybridized carbons (Fsp3) is 0.769. The molecule has 0 aromatic carbocycles. The van der Waals surface area contributed by atoms with Crippen molar-refractivity contribution >= 4 is 17.8 Å². The number of nitrogens with one attached hydrogen (secondary N) is 1. The molecule has 0 aromatic heterocycles. The number of carbonyl (C=O) groups is 3. The van der Waals surface area contributed by atoms with E-state index in [1.165, 1.54) is 0 Å². The number of esters is 1. The Morgan fingerprint density at radius 1 is 1.40 bits per heavy atom. The molecule has 1 rings (SSSR count). The van der Waals surface area contributed by atoms with Gasteiger partial charge in [0.05, 0.1) is 6.42 Å². The van der Waals surface area contributed by atoms with Crippen molar-refractivity contribution in [2.24, 2.45) is 0 Å². The van der Waals surface area contributed by atoms with Crippen LogP contribution in [0.3, 0.4) is 0 Å². The van der Waals surface area contributed by atoms with Crippen molar-refractivity contribution in [1.29, 1.82) is 0 Å². The zero-order valence-corrected chi connectivity index (χ0v) is 12.0. The highest BCUT2D eigenvalue weighted by molar-refractivity contribution is 5.89. The molecule has 2 atom stereocenters. The number of carbonyl (C=O) groups excluding carboxylic acids is 2. The monoisotopic (exact) mass is 287 g/mol. The van der Waals surface area contributed by atoms with E-state index in [9.17, 15) is 14.4 Å². The fourth-order valence-corrected chi connectivity index (χ4v) is 1.80. The van der Waals surface area contributed by atoms with Crippen LogP contribution in [-0.4, -0.2) is 47.3 Å². The maximum Gasteiger partial charge on any atom is 0.326 e. The van der Waals surface area contributed by atoms with Crippen LogP contribution in [-0.2, 0) is 23.9 Å². The van der Waals surface area contributed by atoms with Gasteiger partial charge in [0.25, 0.3) is 0 Å². The first-order chi connectivity index (χ1) is 9.19. The van der Waals surface area contributed by atoms with Crippen molar-refractivity contribution in [3.8, 4) is 0 Å². The van der Waals surface area contributed by atoms with Crippen LogP contribution < -0.4 is 5.32 Å². The highest BCUT2D eigenvalue weighted by atomic mass is 16.6. The minimum absolute atomic E-state index is 0.412. The molecular weight excluding hydrogens is 266 g/mol. The fourth-order valence-electron chi connectivity index (χ4n) is 1.80. The molecule has 0 saturated carbocycles. The normalized spacial score (nSPS) is 20.2. The summed E-state index contributed by atoms with van der Waals surface area (Å²) in [6, 6.07) is -1.30.